The molecule has 27 heavy (non-hydrogen) atoms. The molecule has 0 amide bonds. The van der Waals surface area contributed by atoms with Crippen LogP contribution in [0.25, 0.3) is 11.0 Å². The minimum absolute atomic E-state index is 0.0616. The average Bonchev–Trinajstić information content (AvgIpc) is 2.67. The van der Waals surface area contributed by atoms with E-state index in [2.05, 4.69) is 0 Å². The van der Waals surface area contributed by atoms with Crippen molar-refractivity contribution in [2.24, 2.45) is 11.5 Å². The zero-order valence-corrected chi connectivity index (χ0v) is 15.2. The largest absolute Gasteiger partial charge is 0.497 e. The van der Waals surface area contributed by atoms with Crippen LogP contribution in [0.4, 0.5) is 0 Å². The molecule has 1 aliphatic heterocycles. The Morgan fingerprint density at radius 3 is 2.52 bits per heavy atom. The number of hydrogen-bond donors (Lipinski definition) is 2. The topological polar surface area (TPSA) is 101 Å². The first-order valence-corrected chi connectivity index (χ1v) is 8.59. The van der Waals surface area contributed by atoms with Crippen molar-refractivity contribution >= 4 is 28.2 Å². The molecule has 2 aromatic carbocycles. The second-order valence-corrected chi connectivity index (χ2v) is 6.52. The van der Waals surface area contributed by atoms with E-state index in [1.54, 1.807) is 37.4 Å². The number of fused-ring (bicyclic) bond motifs is 3. The summed E-state index contributed by atoms with van der Waals surface area (Å²) in [7, 11) is 1.58. The number of hydrogen-bond acceptors (Lipinski definition) is 6. The second-order valence-electron chi connectivity index (χ2n) is 6.08. The summed E-state index contributed by atoms with van der Waals surface area (Å²) in [6.07, 6.45) is 0. The normalized spacial score (nSPS) is 16.0. The fourth-order valence-electron chi connectivity index (χ4n) is 3.34. The molecule has 7 heteroatoms. The lowest BCUT2D eigenvalue weighted by Crippen LogP contribution is -2.32. The molecule has 3 aromatic rings. The number of rotatable bonds is 3. The molecule has 1 atom stereocenters. The van der Waals surface area contributed by atoms with E-state index in [0.29, 0.717) is 33.6 Å². The van der Waals surface area contributed by atoms with Crippen LogP contribution in [0.1, 0.15) is 17.0 Å². The molecule has 0 radical (unpaired) electrons. The zero-order valence-electron chi connectivity index (χ0n) is 14.4. The lowest BCUT2D eigenvalue weighted by atomic mass is 9.83. The van der Waals surface area contributed by atoms with E-state index in [4.69, 9.17) is 37.6 Å². The summed E-state index contributed by atoms with van der Waals surface area (Å²) in [4.78, 5) is 12.9. The van der Waals surface area contributed by atoms with Crippen LogP contribution >= 0.6 is 12.2 Å². The highest BCUT2D eigenvalue weighted by Gasteiger charge is 2.36. The van der Waals surface area contributed by atoms with Crippen LogP contribution in [0, 0.1) is 0 Å². The zero-order chi connectivity index (χ0) is 19.1. The van der Waals surface area contributed by atoms with Gasteiger partial charge in [-0.3, -0.25) is 0 Å². The Kier molecular flexibility index (Phi) is 4.08. The number of ether oxygens (including phenoxy) is 2. The van der Waals surface area contributed by atoms with E-state index >= 15 is 0 Å². The van der Waals surface area contributed by atoms with Crippen LogP contribution in [-0.2, 0) is 0 Å². The number of methoxy groups -OCH3 is 1. The fourth-order valence-corrected chi connectivity index (χ4v) is 3.56. The predicted octanol–water partition coefficient (Wildman–Crippen LogP) is 2.78. The third kappa shape index (κ3) is 2.72. The molecule has 136 valence electrons. The Hall–Kier alpha value is -3.32. The fraction of sp³-hybridized carbons (Fsp3) is 0.100. The van der Waals surface area contributed by atoms with Crippen molar-refractivity contribution < 1.29 is 13.9 Å². The first-order valence-electron chi connectivity index (χ1n) is 8.18. The van der Waals surface area contributed by atoms with E-state index in [9.17, 15) is 4.79 Å². The molecular formula is C20H16N2O4S. The first-order chi connectivity index (χ1) is 13.0. The van der Waals surface area contributed by atoms with Gasteiger partial charge in [-0.05, 0) is 29.8 Å². The summed E-state index contributed by atoms with van der Waals surface area (Å²) in [5.74, 6) is 0.523. The van der Waals surface area contributed by atoms with Crippen LogP contribution in [0.15, 0.2) is 69.2 Å². The van der Waals surface area contributed by atoms with Crippen molar-refractivity contribution in [1.29, 1.82) is 0 Å². The number of nitrogens with two attached hydrogens (primary N) is 2. The van der Waals surface area contributed by atoms with Gasteiger partial charge in [-0.2, -0.15) is 0 Å². The van der Waals surface area contributed by atoms with Gasteiger partial charge >= 0.3 is 5.63 Å². The second kappa shape index (κ2) is 6.44. The molecule has 0 saturated heterocycles. The lowest BCUT2D eigenvalue weighted by molar-refractivity contribution is 0.389. The molecule has 0 spiro atoms. The molecule has 0 saturated carbocycles. The van der Waals surface area contributed by atoms with Crippen LogP contribution in [-0.4, -0.2) is 12.1 Å². The molecule has 0 bridgehead atoms. The van der Waals surface area contributed by atoms with E-state index in [0.717, 1.165) is 5.56 Å². The Labute approximate surface area is 160 Å². The van der Waals surface area contributed by atoms with Gasteiger partial charge in [0, 0.05) is 0 Å². The molecule has 1 aliphatic rings. The van der Waals surface area contributed by atoms with Crippen molar-refractivity contribution in [2.45, 2.75) is 5.92 Å². The van der Waals surface area contributed by atoms with E-state index in [1.165, 1.54) is 0 Å². The van der Waals surface area contributed by atoms with Gasteiger partial charge in [0.1, 0.15) is 16.3 Å². The Morgan fingerprint density at radius 2 is 1.85 bits per heavy atom. The SMILES string of the molecule is COc1ccc([C@H]2C(C(N)=S)=C(N)Oc3c2c(=O)oc2ccccc32)cc1. The Bertz CT molecular complexity index is 1150. The maximum Gasteiger partial charge on any atom is 0.344 e. The minimum atomic E-state index is -0.599. The number of para-hydroxylation sites is 1. The molecule has 1 aromatic heterocycles. The Balaban J connectivity index is 2.04. The van der Waals surface area contributed by atoms with Crippen molar-refractivity contribution in [2.75, 3.05) is 7.11 Å². The lowest BCUT2D eigenvalue weighted by Gasteiger charge is -2.28. The standard InChI is InChI=1S/C20H16N2O4S/c1-24-11-8-6-10(7-9-11)14-15-17(26-18(21)16(14)19(22)27)12-4-2-3-5-13(12)25-20(15)23/h2-9,14H,21H2,1H3,(H2,22,27)/t14-/m1/s1. The van der Waals surface area contributed by atoms with Crippen LogP contribution in [0.3, 0.4) is 0 Å². The third-order valence-electron chi connectivity index (χ3n) is 4.57. The van der Waals surface area contributed by atoms with E-state index in [-0.39, 0.29) is 10.9 Å². The van der Waals surface area contributed by atoms with Crippen molar-refractivity contribution in [3.8, 4) is 11.5 Å². The van der Waals surface area contributed by atoms with Crippen LogP contribution in [0.2, 0.25) is 0 Å². The van der Waals surface area contributed by atoms with E-state index in [1.807, 2.05) is 18.2 Å². The smallest absolute Gasteiger partial charge is 0.344 e. The highest BCUT2D eigenvalue weighted by atomic mass is 32.1. The van der Waals surface area contributed by atoms with Gasteiger partial charge < -0.3 is 25.4 Å². The van der Waals surface area contributed by atoms with Crippen molar-refractivity contribution in [3.05, 3.63) is 81.5 Å². The van der Waals surface area contributed by atoms with Crippen LogP contribution < -0.4 is 26.6 Å². The minimum Gasteiger partial charge on any atom is -0.497 e. The van der Waals surface area contributed by atoms with Gasteiger partial charge in [-0.15, -0.1) is 0 Å². The van der Waals surface area contributed by atoms with Crippen molar-refractivity contribution in [1.82, 2.24) is 0 Å². The van der Waals surface area contributed by atoms with Gasteiger partial charge in [0.25, 0.3) is 0 Å². The van der Waals surface area contributed by atoms with Crippen LogP contribution in [0.5, 0.6) is 11.5 Å². The summed E-state index contributed by atoms with van der Waals surface area (Å²) < 4.78 is 16.5. The summed E-state index contributed by atoms with van der Waals surface area (Å²) in [6, 6.07) is 14.4. The maximum absolute atomic E-state index is 12.8. The van der Waals surface area contributed by atoms with E-state index < -0.39 is 11.5 Å². The number of thiocarbonyl (C=S) groups is 1. The third-order valence-corrected chi connectivity index (χ3v) is 4.79. The van der Waals surface area contributed by atoms with Gasteiger partial charge in [0.2, 0.25) is 0 Å². The number of benzene rings is 2. The molecular weight excluding hydrogens is 364 g/mol. The molecule has 0 aliphatic carbocycles. The van der Waals surface area contributed by atoms with Gasteiger partial charge in [0.05, 0.1) is 29.6 Å². The quantitative estimate of drug-likeness (QED) is 0.532. The Morgan fingerprint density at radius 1 is 1.15 bits per heavy atom. The predicted molar refractivity (Wildman–Crippen MR) is 106 cm³/mol. The average molecular weight is 380 g/mol. The van der Waals surface area contributed by atoms with Gasteiger partial charge in [-0.25, -0.2) is 4.79 Å². The van der Waals surface area contributed by atoms with Crippen molar-refractivity contribution in [3.63, 3.8) is 0 Å². The maximum atomic E-state index is 12.8. The van der Waals surface area contributed by atoms with Gasteiger partial charge in [-0.1, -0.05) is 36.5 Å². The molecule has 2 heterocycles. The van der Waals surface area contributed by atoms with Gasteiger partial charge in [0.15, 0.2) is 11.6 Å². The summed E-state index contributed by atoms with van der Waals surface area (Å²) in [5, 5.41) is 0.649. The first kappa shape index (κ1) is 17.1. The molecule has 0 unspecified atom stereocenters. The summed E-state index contributed by atoms with van der Waals surface area (Å²) >= 11 is 5.19. The molecule has 4 N–H and O–H groups in total. The summed E-state index contributed by atoms with van der Waals surface area (Å²) in [5.41, 5.74) is 13.4. The molecule has 0 fully saturated rings. The molecule has 6 nitrogen and oxygen atoms in total. The highest BCUT2D eigenvalue weighted by molar-refractivity contribution is 7.80. The summed E-state index contributed by atoms with van der Waals surface area (Å²) in [6.45, 7) is 0. The molecule has 4 rings (SSSR count). The monoisotopic (exact) mass is 380 g/mol. The highest BCUT2D eigenvalue weighted by Crippen LogP contribution is 2.43.